The van der Waals surface area contributed by atoms with E-state index < -0.39 is 0 Å². The minimum absolute atomic E-state index is 0.113. The molecule has 1 aliphatic rings. The Morgan fingerprint density at radius 1 is 1.35 bits per heavy atom. The van der Waals surface area contributed by atoms with Crippen molar-refractivity contribution in [3.8, 4) is 0 Å². The number of anilines is 2. The number of aryl methyl sites for hydroxylation is 1. The smallest absolute Gasteiger partial charge is 0.320 e. The highest BCUT2D eigenvalue weighted by Gasteiger charge is 2.25. The Morgan fingerprint density at radius 3 is 2.92 bits per heavy atom. The van der Waals surface area contributed by atoms with Crippen LogP contribution in [0.4, 0.5) is 16.4 Å². The number of nitrogens with zero attached hydrogens (tertiary/aromatic N) is 4. The van der Waals surface area contributed by atoms with Gasteiger partial charge in [-0.2, -0.15) is 0 Å². The molecule has 0 atom stereocenters. The van der Waals surface area contributed by atoms with Gasteiger partial charge in [0.2, 0.25) is 5.95 Å². The van der Waals surface area contributed by atoms with Gasteiger partial charge in [0.15, 0.2) is 0 Å². The third-order valence-corrected chi connectivity index (χ3v) is 4.62. The normalized spacial score (nSPS) is 13.3. The van der Waals surface area contributed by atoms with Crippen LogP contribution in [-0.2, 0) is 13.0 Å². The Morgan fingerprint density at radius 2 is 2.19 bits per heavy atom. The Hall–Kier alpha value is -2.63. The number of carbonyl (C=O) groups excluding carboxylic acids is 1. The molecule has 0 spiro atoms. The number of hydrogen-bond acceptors (Lipinski definition) is 4. The average Bonchev–Trinajstić information content (AvgIpc) is 2.65. The molecule has 2 aromatic rings. The number of urea groups is 1. The molecule has 1 aromatic carbocycles. The van der Waals surface area contributed by atoms with Gasteiger partial charge in [0.1, 0.15) is 0 Å². The summed E-state index contributed by atoms with van der Waals surface area (Å²) >= 11 is 0. The van der Waals surface area contributed by atoms with E-state index in [0.29, 0.717) is 19.0 Å². The standard InChI is InChI=1S/C20H27N5O/c1-4-10-24(5-2)20(26)25-11-9-18-16(14-25)13-21-19(23-18)22-17-8-6-7-15(3)12-17/h6-8,12-13H,4-5,9-11,14H2,1-3H3,(H,21,22,23). The topological polar surface area (TPSA) is 61.4 Å². The third-order valence-electron chi connectivity index (χ3n) is 4.62. The van der Waals surface area contributed by atoms with Crippen LogP contribution in [0.2, 0.25) is 0 Å². The molecule has 2 amide bonds. The molecule has 1 aliphatic heterocycles. The number of hydrogen-bond donors (Lipinski definition) is 1. The second kappa shape index (κ2) is 8.17. The number of carbonyl (C=O) groups is 1. The molecule has 6 nitrogen and oxygen atoms in total. The van der Waals surface area contributed by atoms with E-state index in [0.717, 1.165) is 42.9 Å². The molecule has 138 valence electrons. The van der Waals surface area contributed by atoms with Gasteiger partial charge >= 0.3 is 6.03 Å². The molecule has 6 heteroatoms. The van der Waals surface area contributed by atoms with Crippen molar-refractivity contribution in [2.45, 2.75) is 40.2 Å². The maximum atomic E-state index is 12.7. The summed E-state index contributed by atoms with van der Waals surface area (Å²) < 4.78 is 0. The van der Waals surface area contributed by atoms with Gasteiger partial charge in [0.05, 0.1) is 12.2 Å². The van der Waals surface area contributed by atoms with Crippen molar-refractivity contribution in [1.29, 1.82) is 0 Å². The second-order valence-electron chi connectivity index (χ2n) is 6.69. The maximum absolute atomic E-state index is 12.7. The molecule has 0 aliphatic carbocycles. The lowest BCUT2D eigenvalue weighted by molar-refractivity contribution is 0.149. The van der Waals surface area contributed by atoms with E-state index in [1.54, 1.807) is 0 Å². The molecule has 0 bridgehead atoms. The molecule has 0 unspecified atom stereocenters. The van der Waals surface area contributed by atoms with E-state index in [1.807, 2.05) is 35.1 Å². The first-order valence-corrected chi connectivity index (χ1v) is 9.33. The molecular weight excluding hydrogens is 326 g/mol. The fourth-order valence-electron chi connectivity index (χ4n) is 3.25. The van der Waals surface area contributed by atoms with Crippen molar-refractivity contribution in [3.05, 3.63) is 47.3 Å². The fourth-order valence-corrected chi connectivity index (χ4v) is 3.25. The Labute approximate surface area is 155 Å². The van der Waals surface area contributed by atoms with E-state index in [2.05, 4.69) is 41.3 Å². The van der Waals surface area contributed by atoms with Crippen molar-refractivity contribution < 1.29 is 4.79 Å². The highest BCUT2D eigenvalue weighted by atomic mass is 16.2. The summed E-state index contributed by atoms with van der Waals surface area (Å²) in [4.78, 5) is 25.6. The molecule has 3 rings (SSSR count). The number of fused-ring (bicyclic) bond motifs is 1. The van der Waals surface area contributed by atoms with Crippen LogP contribution in [0.5, 0.6) is 0 Å². The van der Waals surface area contributed by atoms with Crippen LogP contribution in [0.15, 0.2) is 30.5 Å². The van der Waals surface area contributed by atoms with E-state index in [4.69, 9.17) is 0 Å². The predicted octanol–water partition coefficient (Wildman–Crippen LogP) is 3.74. The number of benzene rings is 1. The molecule has 0 fully saturated rings. The fraction of sp³-hybridized carbons (Fsp3) is 0.450. The summed E-state index contributed by atoms with van der Waals surface area (Å²) in [6, 6.07) is 8.25. The van der Waals surface area contributed by atoms with Crippen molar-refractivity contribution >= 4 is 17.7 Å². The Kier molecular flexibility index (Phi) is 5.71. The highest BCUT2D eigenvalue weighted by Crippen LogP contribution is 2.21. The lowest BCUT2D eigenvalue weighted by Gasteiger charge is -2.33. The van der Waals surface area contributed by atoms with Crippen molar-refractivity contribution in [2.24, 2.45) is 0 Å². The van der Waals surface area contributed by atoms with Gasteiger partial charge in [-0.15, -0.1) is 0 Å². The summed E-state index contributed by atoms with van der Waals surface area (Å²) in [5.41, 5.74) is 4.23. The number of amides is 2. The first kappa shape index (κ1) is 18.2. The Balaban J connectivity index is 1.70. The van der Waals surface area contributed by atoms with Gasteiger partial charge in [0, 0.05) is 43.5 Å². The monoisotopic (exact) mass is 353 g/mol. The molecule has 0 saturated heterocycles. The van der Waals surface area contributed by atoms with Crippen molar-refractivity contribution in [2.75, 3.05) is 25.0 Å². The van der Waals surface area contributed by atoms with Crippen LogP contribution in [0.3, 0.4) is 0 Å². The van der Waals surface area contributed by atoms with Crippen molar-refractivity contribution in [3.63, 3.8) is 0 Å². The van der Waals surface area contributed by atoms with Crippen LogP contribution < -0.4 is 5.32 Å². The maximum Gasteiger partial charge on any atom is 0.320 e. The molecule has 0 saturated carbocycles. The van der Waals surface area contributed by atoms with Gasteiger partial charge in [-0.1, -0.05) is 19.1 Å². The molecule has 0 radical (unpaired) electrons. The van der Waals surface area contributed by atoms with Gasteiger partial charge in [0.25, 0.3) is 0 Å². The zero-order valence-corrected chi connectivity index (χ0v) is 15.8. The van der Waals surface area contributed by atoms with Crippen LogP contribution in [-0.4, -0.2) is 45.4 Å². The lowest BCUT2D eigenvalue weighted by Crippen LogP contribution is -2.45. The Bertz CT molecular complexity index is 777. The summed E-state index contributed by atoms with van der Waals surface area (Å²) in [6.07, 6.45) is 3.58. The summed E-state index contributed by atoms with van der Waals surface area (Å²) in [5, 5.41) is 3.26. The van der Waals surface area contributed by atoms with E-state index >= 15 is 0 Å². The highest BCUT2D eigenvalue weighted by molar-refractivity contribution is 5.74. The second-order valence-corrected chi connectivity index (χ2v) is 6.69. The van der Waals surface area contributed by atoms with Gasteiger partial charge < -0.3 is 15.1 Å². The number of rotatable bonds is 5. The molecular formula is C20H27N5O. The zero-order valence-electron chi connectivity index (χ0n) is 15.8. The van der Waals surface area contributed by atoms with Crippen molar-refractivity contribution in [1.82, 2.24) is 19.8 Å². The summed E-state index contributed by atoms with van der Waals surface area (Å²) in [6.45, 7) is 9.00. The van der Waals surface area contributed by atoms with Crippen LogP contribution in [0.25, 0.3) is 0 Å². The van der Waals surface area contributed by atoms with Gasteiger partial charge in [-0.05, 0) is 38.0 Å². The minimum atomic E-state index is 0.113. The van der Waals surface area contributed by atoms with E-state index in [-0.39, 0.29) is 6.03 Å². The van der Waals surface area contributed by atoms with E-state index in [1.165, 1.54) is 5.56 Å². The SMILES string of the molecule is CCCN(CC)C(=O)N1CCc2nc(Nc3cccc(C)c3)ncc2C1. The number of nitrogens with one attached hydrogen (secondary N) is 1. The molecule has 26 heavy (non-hydrogen) atoms. The lowest BCUT2D eigenvalue weighted by atomic mass is 10.1. The molecule has 2 heterocycles. The predicted molar refractivity (Wildman–Crippen MR) is 104 cm³/mol. The van der Waals surface area contributed by atoms with E-state index in [9.17, 15) is 4.79 Å². The quantitative estimate of drug-likeness (QED) is 0.889. The largest absolute Gasteiger partial charge is 0.325 e. The molecule has 1 N–H and O–H groups in total. The summed E-state index contributed by atoms with van der Waals surface area (Å²) in [5.74, 6) is 0.607. The first-order chi connectivity index (χ1) is 12.6. The molecule has 1 aromatic heterocycles. The first-order valence-electron chi connectivity index (χ1n) is 9.33. The minimum Gasteiger partial charge on any atom is -0.325 e. The van der Waals surface area contributed by atoms with Crippen LogP contribution in [0.1, 0.15) is 37.1 Å². The summed E-state index contributed by atoms with van der Waals surface area (Å²) in [7, 11) is 0. The third kappa shape index (κ3) is 4.12. The van der Waals surface area contributed by atoms with Crippen LogP contribution in [0, 0.1) is 6.92 Å². The van der Waals surface area contributed by atoms with Gasteiger partial charge in [-0.25, -0.2) is 14.8 Å². The zero-order chi connectivity index (χ0) is 18.5. The van der Waals surface area contributed by atoms with Crippen LogP contribution >= 0.6 is 0 Å². The average molecular weight is 353 g/mol. The number of aromatic nitrogens is 2. The van der Waals surface area contributed by atoms with Gasteiger partial charge in [-0.3, -0.25) is 0 Å².